The Kier molecular flexibility index (Phi) is 5.96. The Morgan fingerprint density at radius 3 is 2.48 bits per heavy atom. The van der Waals surface area contributed by atoms with Crippen molar-refractivity contribution >= 4 is 27.5 Å². The molecule has 27 heavy (non-hydrogen) atoms. The van der Waals surface area contributed by atoms with Crippen LogP contribution in [-0.2, 0) is 13.5 Å². The van der Waals surface area contributed by atoms with Crippen molar-refractivity contribution in [2.45, 2.75) is 26.2 Å². The molecule has 1 heterocycles. The maximum absolute atomic E-state index is 12.9. The Morgan fingerprint density at radius 1 is 1.15 bits per heavy atom. The average Bonchev–Trinajstić information content (AvgIpc) is 3.00. The van der Waals surface area contributed by atoms with Gasteiger partial charge in [0, 0.05) is 7.05 Å². The van der Waals surface area contributed by atoms with Crippen molar-refractivity contribution in [3.63, 3.8) is 0 Å². The van der Waals surface area contributed by atoms with Gasteiger partial charge in [-0.05, 0) is 42.7 Å². The summed E-state index contributed by atoms with van der Waals surface area (Å²) in [5.41, 5.74) is 2.72. The topological polar surface area (TPSA) is 52.8 Å². The number of unbranched alkanes of at least 4 members (excludes halogenated alkanes) is 1. The van der Waals surface area contributed by atoms with E-state index in [-0.39, 0.29) is 5.91 Å². The molecule has 0 N–H and O–H groups in total. The number of methoxy groups -OCH3 is 2. The predicted molar refractivity (Wildman–Crippen MR) is 109 cm³/mol. The van der Waals surface area contributed by atoms with Crippen LogP contribution in [0.2, 0.25) is 0 Å². The van der Waals surface area contributed by atoms with Crippen molar-refractivity contribution in [1.82, 2.24) is 4.57 Å². The van der Waals surface area contributed by atoms with Crippen LogP contribution < -0.4 is 14.3 Å². The van der Waals surface area contributed by atoms with Crippen molar-refractivity contribution in [2.75, 3.05) is 14.2 Å². The number of carbonyl (C=O) groups excluding carboxylic acids is 1. The quantitative estimate of drug-likeness (QED) is 0.635. The van der Waals surface area contributed by atoms with Gasteiger partial charge in [0.1, 0.15) is 17.1 Å². The maximum Gasteiger partial charge on any atom is 0.287 e. The summed E-state index contributed by atoms with van der Waals surface area (Å²) in [4.78, 5) is 17.9. The number of hydrogen-bond donors (Lipinski definition) is 0. The summed E-state index contributed by atoms with van der Waals surface area (Å²) in [6.45, 7) is 2.19. The van der Waals surface area contributed by atoms with Crippen LogP contribution in [0, 0.1) is 0 Å². The lowest BCUT2D eigenvalue weighted by Crippen LogP contribution is -2.14. The molecule has 0 aliphatic carbocycles. The fraction of sp³-hybridized carbons (Fsp3) is 0.333. The van der Waals surface area contributed by atoms with Gasteiger partial charge in [0.15, 0.2) is 4.80 Å². The molecule has 1 aromatic heterocycles. The van der Waals surface area contributed by atoms with Crippen LogP contribution in [0.5, 0.6) is 11.5 Å². The molecular formula is C21H24N2O3S. The zero-order chi connectivity index (χ0) is 19.4. The maximum atomic E-state index is 12.9. The van der Waals surface area contributed by atoms with Gasteiger partial charge in [-0.3, -0.25) is 4.79 Å². The minimum absolute atomic E-state index is 0.337. The Balaban J connectivity index is 2.06. The minimum atomic E-state index is -0.377. The van der Waals surface area contributed by atoms with E-state index in [2.05, 4.69) is 30.1 Å². The molecule has 0 atom stereocenters. The van der Waals surface area contributed by atoms with Crippen molar-refractivity contribution in [3.05, 3.63) is 52.3 Å². The van der Waals surface area contributed by atoms with E-state index in [1.54, 1.807) is 18.2 Å². The highest BCUT2D eigenvalue weighted by Crippen LogP contribution is 2.29. The van der Waals surface area contributed by atoms with Crippen LogP contribution in [0.4, 0.5) is 0 Å². The Hall–Kier alpha value is -2.60. The summed E-state index contributed by atoms with van der Waals surface area (Å²) in [5.74, 6) is 0.528. The number of benzene rings is 2. The number of amides is 1. The molecule has 142 valence electrons. The van der Waals surface area contributed by atoms with Gasteiger partial charge in [-0.2, -0.15) is 4.99 Å². The van der Waals surface area contributed by atoms with Crippen molar-refractivity contribution in [3.8, 4) is 11.5 Å². The van der Waals surface area contributed by atoms with Gasteiger partial charge in [-0.1, -0.05) is 36.8 Å². The summed E-state index contributed by atoms with van der Waals surface area (Å²) in [5, 5.41) is 0. The molecule has 0 bridgehead atoms. The standard InChI is InChI=1S/C21H24N2O3S/c1-5-6-8-14-11-12-15-18(13-14)27-21(23(15)2)22-20(24)19-16(25-3)9-7-10-17(19)26-4/h7,9-13H,5-6,8H2,1-4H3. The molecule has 5 nitrogen and oxygen atoms in total. The van der Waals surface area contributed by atoms with E-state index in [1.165, 1.54) is 44.0 Å². The highest BCUT2D eigenvalue weighted by molar-refractivity contribution is 7.16. The van der Waals surface area contributed by atoms with Gasteiger partial charge >= 0.3 is 0 Å². The van der Waals surface area contributed by atoms with E-state index in [1.807, 2.05) is 11.6 Å². The fourth-order valence-corrected chi connectivity index (χ4v) is 4.11. The fourth-order valence-electron chi connectivity index (χ4n) is 3.03. The number of thiazole rings is 1. The molecule has 3 aromatic rings. The van der Waals surface area contributed by atoms with Crippen molar-refractivity contribution in [1.29, 1.82) is 0 Å². The third-order valence-corrected chi connectivity index (χ3v) is 5.63. The minimum Gasteiger partial charge on any atom is -0.496 e. The van der Waals surface area contributed by atoms with Gasteiger partial charge in [-0.15, -0.1) is 0 Å². The number of nitrogens with zero attached hydrogens (tertiary/aromatic N) is 2. The number of aromatic nitrogens is 1. The molecule has 0 spiro atoms. The van der Waals surface area contributed by atoms with Crippen LogP contribution in [0.3, 0.4) is 0 Å². The highest BCUT2D eigenvalue weighted by atomic mass is 32.1. The van der Waals surface area contributed by atoms with Gasteiger partial charge in [-0.25, -0.2) is 0 Å². The monoisotopic (exact) mass is 384 g/mol. The van der Waals surface area contributed by atoms with Gasteiger partial charge in [0.05, 0.1) is 24.4 Å². The molecule has 0 aliphatic rings. The van der Waals surface area contributed by atoms with E-state index in [4.69, 9.17) is 9.47 Å². The SMILES string of the molecule is CCCCc1ccc2c(c1)sc(=NC(=O)c1c(OC)cccc1OC)n2C. The first-order valence-corrected chi connectivity index (χ1v) is 9.79. The van der Waals surface area contributed by atoms with E-state index in [9.17, 15) is 4.79 Å². The zero-order valence-electron chi connectivity index (χ0n) is 16.1. The summed E-state index contributed by atoms with van der Waals surface area (Å²) >= 11 is 1.52. The van der Waals surface area contributed by atoms with Gasteiger partial charge in [0.2, 0.25) is 0 Å². The van der Waals surface area contributed by atoms with Crippen molar-refractivity contribution < 1.29 is 14.3 Å². The second kappa shape index (κ2) is 8.39. The second-order valence-electron chi connectivity index (χ2n) is 6.30. The number of fused-ring (bicyclic) bond motifs is 1. The van der Waals surface area contributed by atoms with Gasteiger partial charge in [0.25, 0.3) is 5.91 Å². The Bertz CT molecular complexity index is 1010. The van der Waals surface area contributed by atoms with Gasteiger partial charge < -0.3 is 14.0 Å². The molecule has 3 rings (SSSR count). The lowest BCUT2D eigenvalue weighted by molar-refractivity contribution is 0.0992. The lowest BCUT2D eigenvalue weighted by atomic mass is 10.1. The normalized spacial score (nSPS) is 11.8. The number of ether oxygens (including phenoxy) is 2. The third kappa shape index (κ3) is 3.90. The molecule has 0 unspecified atom stereocenters. The summed E-state index contributed by atoms with van der Waals surface area (Å²) in [7, 11) is 4.99. The Labute approximate surface area is 162 Å². The van der Waals surface area contributed by atoms with Crippen LogP contribution in [0.25, 0.3) is 10.2 Å². The molecule has 1 amide bonds. The molecular weight excluding hydrogens is 360 g/mol. The molecule has 0 saturated heterocycles. The average molecular weight is 385 g/mol. The van der Waals surface area contributed by atoms with Crippen LogP contribution in [0.1, 0.15) is 35.7 Å². The molecule has 6 heteroatoms. The molecule has 0 radical (unpaired) electrons. The first-order chi connectivity index (χ1) is 13.1. The first-order valence-electron chi connectivity index (χ1n) is 8.97. The second-order valence-corrected chi connectivity index (χ2v) is 7.31. The summed E-state index contributed by atoms with van der Waals surface area (Å²) in [6.07, 6.45) is 3.41. The highest BCUT2D eigenvalue weighted by Gasteiger charge is 2.18. The third-order valence-electron chi connectivity index (χ3n) is 4.53. The van der Waals surface area contributed by atoms with Crippen LogP contribution in [-0.4, -0.2) is 24.7 Å². The summed E-state index contributed by atoms with van der Waals surface area (Å²) < 4.78 is 13.7. The first kappa shape index (κ1) is 19.2. The van der Waals surface area contributed by atoms with E-state index in [0.29, 0.717) is 21.9 Å². The predicted octanol–water partition coefficient (Wildman–Crippen LogP) is 4.34. The lowest BCUT2D eigenvalue weighted by Gasteiger charge is -2.09. The van der Waals surface area contributed by atoms with E-state index >= 15 is 0 Å². The Morgan fingerprint density at radius 2 is 1.85 bits per heavy atom. The molecule has 2 aromatic carbocycles. The molecule has 0 saturated carbocycles. The van der Waals surface area contributed by atoms with E-state index < -0.39 is 0 Å². The van der Waals surface area contributed by atoms with Crippen molar-refractivity contribution in [2.24, 2.45) is 12.0 Å². The number of hydrogen-bond acceptors (Lipinski definition) is 4. The van der Waals surface area contributed by atoms with Crippen LogP contribution in [0.15, 0.2) is 41.4 Å². The largest absolute Gasteiger partial charge is 0.496 e. The molecule has 0 aliphatic heterocycles. The number of carbonyl (C=O) groups is 1. The van der Waals surface area contributed by atoms with E-state index in [0.717, 1.165) is 16.6 Å². The summed E-state index contributed by atoms with van der Waals surface area (Å²) in [6, 6.07) is 11.7. The zero-order valence-corrected chi connectivity index (χ0v) is 16.9. The number of aryl methyl sites for hydroxylation is 2. The van der Waals surface area contributed by atoms with Crippen LogP contribution >= 0.6 is 11.3 Å². The number of rotatable bonds is 6. The molecule has 0 fully saturated rings. The smallest absolute Gasteiger partial charge is 0.287 e.